The molecule has 3 saturated carbocycles. The van der Waals surface area contributed by atoms with Crippen LogP contribution in [0.1, 0.15) is 119 Å². The van der Waals surface area contributed by atoms with Crippen LogP contribution in [0.4, 0.5) is 4.79 Å². The molecule has 5 atom stereocenters. The molecule has 50 heavy (non-hydrogen) atoms. The summed E-state index contributed by atoms with van der Waals surface area (Å²) in [7, 11) is -3.55. The Balaban J connectivity index is 1.57. The number of hydrogen-bond donors (Lipinski definition) is 4. The van der Waals surface area contributed by atoms with E-state index in [1.807, 2.05) is 20.8 Å². The van der Waals surface area contributed by atoms with Crippen molar-refractivity contribution >= 4 is 33.6 Å². The van der Waals surface area contributed by atoms with E-state index in [2.05, 4.69) is 33.8 Å². The fourth-order valence-electron chi connectivity index (χ4n) is 8.49. The maximum Gasteiger partial charge on any atom is 0.315 e. The summed E-state index contributed by atoms with van der Waals surface area (Å²) < 4.78 is 25.7. The molecular weight excluding hydrogens is 655 g/mol. The third kappa shape index (κ3) is 9.04. The number of rotatable bonds is 13. The molecule has 1 unspecified atom stereocenters. The summed E-state index contributed by atoms with van der Waals surface area (Å²) in [5.41, 5.74) is -1.50. The summed E-state index contributed by atoms with van der Waals surface area (Å²) in [5, 5.41) is 11.8. The van der Waals surface area contributed by atoms with Crippen LogP contribution in [-0.2, 0) is 24.2 Å². The molecular formula is C38H61N5O6S. The number of sulfone groups is 1. The van der Waals surface area contributed by atoms with Crippen molar-refractivity contribution in [3.63, 3.8) is 0 Å². The second kappa shape index (κ2) is 15.3. The average Bonchev–Trinajstić information content (AvgIpc) is 3.58. The minimum atomic E-state index is -3.55. The van der Waals surface area contributed by atoms with Crippen molar-refractivity contribution in [3.8, 4) is 12.3 Å². The monoisotopic (exact) mass is 715 g/mol. The van der Waals surface area contributed by atoms with Gasteiger partial charge in [-0.3, -0.25) is 14.4 Å². The lowest BCUT2D eigenvalue weighted by molar-refractivity contribution is -0.143. The molecule has 1 saturated heterocycles. The lowest BCUT2D eigenvalue weighted by Crippen LogP contribution is -2.63. The van der Waals surface area contributed by atoms with Crippen LogP contribution in [0.2, 0.25) is 0 Å². The van der Waals surface area contributed by atoms with Crippen LogP contribution in [0, 0.1) is 35.0 Å². The number of urea groups is 1. The number of carbonyl (C=O) groups excluding carboxylic acids is 4. The van der Waals surface area contributed by atoms with Crippen molar-refractivity contribution in [1.82, 2.24) is 26.2 Å². The number of fused-ring (bicyclic) bond motifs is 2. The van der Waals surface area contributed by atoms with Crippen LogP contribution in [-0.4, -0.2) is 84.3 Å². The van der Waals surface area contributed by atoms with E-state index in [9.17, 15) is 27.6 Å². The van der Waals surface area contributed by atoms with Gasteiger partial charge in [0.1, 0.15) is 12.1 Å². The third-order valence-corrected chi connectivity index (χ3v) is 14.5. The highest BCUT2D eigenvalue weighted by atomic mass is 32.2. The molecule has 0 bridgehead atoms. The Morgan fingerprint density at radius 3 is 2.22 bits per heavy atom. The highest BCUT2D eigenvalue weighted by Gasteiger charge is 2.64. The molecule has 1 spiro atoms. The number of nitrogens with one attached hydrogen (secondary N) is 4. The van der Waals surface area contributed by atoms with Gasteiger partial charge in [0.15, 0.2) is 9.84 Å². The van der Waals surface area contributed by atoms with Gasteiger partial charge in [-0.2, -0.15) is 0 Å². The molecule has 3 aliphatic carbocycles. The SMILES string of the molecule is C#CCCC(CC(=O)NCC=C)NC(=O)[C@@H]1[C@H]2CCC3(CC3)[C@H]2CN1C(=O)[C@@H](NC(=O)NC1(CS(=O)(=O)C(C)(C)C)CCCCC1)C(C)(C)C. The fraction of sp³-hybridized carbons (Fsp3) is 0.789. The molecule has 5 amide bonds. The van der Waals surface area contributed by atoms with Crippen molar-refractivity contribution in [2.24, 2.45) is 22.7 Å². The molecule has 4 N–H and O–H groups in total. The van der Waals surface area contributed by atoms with Crippen molar-refractivity contribution in [2.45, 2.75) is 147 Å². The summed E-state index contributed by atoms with van der Waals surface area (Å²) in [5.74, 6) is 1.74. The van der Waals surface area contributed by atoms with Crippen LogP contribution in [0.5, 0.6) is 0 Å². The van der Waals surface area contributed by atoms with Crippen molar-refractivity contribution in [2.75, 3.05) is 18.8 Å². The van der Waals surface area contributed by atoms with E-state index in [0.717, 1.165) is 44.9 Å². The molecule has 4 aliphatic rings. The van der Waals surface area contributed by atoms with Gasteiger partial charge >= 0.3 is 6.03 Å². The highest BCUT2D eigenvalue weighted by Crippen LogP contribution is 2.66. The minimum absolute atomic E-state index is 0.0214. The van der Waals surface area contributed by atoms with Gasteiger partial charge in [0, 0.05) is 32.0 Å². The molecule has 0 radical (unpaired) electrons. The highest BCUT2D eigenvalue weighted by molar-refractivity contribution is 7.92. The molecule has 4 fully saturated rings. The summed E-state index contributed by atoms with van der Waals surface area (Å²) in [6, 6.07) is -2.81. The standard InChI is InChI=1S/C38H61N5O6S/c1-9-11-15-26(23-29(44)39-22-10-2)40-32(45)30-27-16-19-37(20-21-37)28(27)24-43(30)33(46)31(35(3,4)5)41-34(47)42-38(17-13-12-14-18-38)25-50(48,49)36(6,7)8/h1,10,26-28,30-31H,2,11-25H2,3-8H3,(H,39,44)(H,40,45)(H2,41,42,47)/t26?,27-,28-,30-,31+/m0/s1. The zero-order valence-electron chi connectivity index (χ0n) is 31.2. The zero-order chi connectivity index (χ0) is 37.1. The van der Waals surface area contributed by atoms with E-state index in [1.54, 1.807) is 31.7 Å². The average molecular weight is 716 g/mol. The van der Waals surface area contributed by atoms with Gasteiger partial charge in [-0.1, -0.05) is 46.1 Å². The van der Waals surface area contributed by atoms with Crippen LogP contribution >= 0.6 is 0 Å². The Kier molecular flexibility index (Phi) is 12.1. The number of hydrogen-bond acceptors (Lipinski definition) is 6. The molecule has 0 aromatic carbocycles. The minimum Gasteiger partial charge on any atom is -0.353 e. The summed E-state index contributed by atoms with van der Waals surface area (Å²) >= 11 is 0. The molecule has 4 rings (SSSR count). The molecule has 0 aromatic rings. The van der Waals surface area contributed by atoms with Crippen LogP contribution in [0.3, 0.4) is 0 Å². The van der Waals surface area contributed by atoms with E-state index < -0.39 is 49.7 Å². The number of amides is 5. The lowest BCUT2D eigenvalue weighted by atomic mass is 9.83. The molecule has 12 heteroatoms. The molecule has 11 nitrogen and oxygen atoms in total. The normalized spacial score (nSPS) is 25.1. The third-order valence-electron chi connectivity index (χ3n) is 11.7. The van der Waals surface area contributed by atoms with Gasteiger partial charge in [0.05, 0.1) is 16.0 Å². The number of likely N-dealkylation sites (tertiary alicyclic amines) is 1. The smallest absolute Gasteiger partial charge is 0.315 e. The van der Waals surface area contributed by atoms with E-state index in [4.69, 9.17) is 6.42 Å². The van der Waals surface area contributed by atoms with Crippen molar-refractivity contribution < 1.29 is 27.6 Å². The van der Waals surface area contributed by atoms with Crippen molar-refractivity contribution in [3.05, 3.63) is 12.7 Å². The Hall–Kier alpha value is -3.07. The van der Waals surface area contributed by atoms with E-state index >= 15 is 0 Å². The van der Waals surface area contributed by atoms with Gasteiger partial charge < -0.3 is 26.2 Å². The zero-order valence-corrected chi connectivity index (χ0v) is 32.0. The van der Waals surface area contributed by atoms with Crippen LogP contribution in [0.25, 0.3) is 0 Å². The number of nitrogens with zero attached hydrogens (tertiary/aromatic N) is 1. The van der Waals surface area contributed by atoms with Gasteiger partial charge in [0.25, 0.3) is 0 Å². The fourth-order valence-corrected chi connectivity index (χ4v) is 10.0. The van der Waals surface area contributed by atoms with Gasteiger partial charge in [-0.05, 0) is 88.4 Å². The summed E-state index contributed by atoms with van der Waals surface area (Å²) in [4.78, 5) is 57.1. The van der Waals surface area contributed by atoms with E-state index in [1.165, 1.54) is 0 Å². The maximum absolute atomic E-state index is 14.7. The Labute approximate surface area is 300 Å². The Bertz CT molecular complexity index is 1440. The predicted molar refractivity (Wildman–Crippen MR) is 195 cm³/mol. The Morgan fingerprint density at radius 2 is 1.66 bits per heavy atom. The van der Waals surface area contributed by atoms with Crippen LogP contribution < -0.4 is 21.3 Å². The van der Waals surface area contributed by atoms with Gasteiger partial charge in [-0.15, -0.1) is 18.9 Å². The number of terminal acetylenes is 1. The van der Waals surface area contributed by atoms with E-state index in [0.29, 0.717) is 38.8 Å². The predicted octanol–water partition coefficient (Wildman–Crippen LogP) is 4.22. The molecule has 0 aromatic heterocycles. The lowest BCUT2D eigenvalue weighted by Gasteiger charge is -2.41. The van der Waals surface area contributed by atoms with E-state index in [-0.39, 0.29) is 47.1 Å². The van der Waals surface area contributed by atoms with Gasteiger partial charge in [0.2, 0.25) is 17.7 Å². The maximum atomic E-state index is 14.7. The largest absolute Gasteiger partial charge is 0.353 e. The topological polar surface area (TPSA) is 154 Å². The van der Waals surface area contributed by atoms with Crippen molar-refractivity contribution in [1.29, 1.82) is 0 Å². The van der Waals surface area contributed by atoms with Gasteiger partial charge in [-0.25, -0.2) is 13.2 Å². The second-order valence-electron chi connectivity index (χ2n) is 17.5. The first-order valence-electron chi connectivity index (χ1n) is 18.5. The Morgan fingerprint density at radius 1 is 1.00 bits per heavy atom. The quantitative estimate of drug-likeness (QED) is 0.166. The van der Waals surface area contributed by atoms with Crippen LogP contribution in [0.15, 0.2) is 12.7 Å². The first-order chi connectivity index (χ1) is 23.3. The second-order valence-corrected chi connectivity index (χ2v) is 20.2. The number of carbonyl (C=O) groups is 4. The first kappa shape index (κ1) is 39.7. The first-order valence-corrected chi connectivity index (χ1v) is 20.2. The molecule has 1 aliphatic heterocycles. The molecule has 1 heterocycles. The summed E-state index contributed by atoms with van der Waals surface area (Å²) in [6.45, 7) is 15.0. The summed E-state index contributed by atoms with van der Waals surface area (Å²) in [6.07, 6.45) is 15.7. The molecule has 280 valence electrons.